The Hall–Kier alpha value is -2.55. The van der Waals surface area contributed by atoms with Gasteiger partial charge in [-0.3, -0.25) is 4.79 Å². The van der Waals surface area contributed by atoms with Crippen molar-refractivity contribution in [3.63, 3.8) is 0 Å². The van der Waals surface area contributed by atoms with Gasteiger partial charge in [-0.1, -0.05) is 53.3 Å². The molecule has 0 spiro atoms. The molecular formula is C18H12ClN5OS2. The Labute approximate surface area is 168 Å². The van der Waals surface area contributed by atoms with Crippen LogP contribution in [0.15, 0.2) is 64.2 Å². The van der Waals surface area contributed by atoms with Crippen LogP contribution in [0.4, 0.5) is 5.13 Å². The first-order valence-corrected chi connectivity index (χ1v) is 9.94. The third-order valence-corrected chi connectivity index (χ3v) is 5.78. The summed E-state index contributed by atoms with van der Waals surface area (Å²) in [6.45, 7) is 0. The molecule has 1 N–H and O–H groups in total. The number of fused-ring (bicyclic) bond motifs is 1. The molecule has 27 heavy (non-hydrogen) atoms. The highest BCUT2D eigenvalue weighted by Crippen LogP contribution is 2.34. The number of nitrogens with one attached hydrogen (secondary N) is 1. The van der Waals surface area contributed by atoms with Crippen LogP contribution >= 0.6 is 34.7 Å². The summed E-state index contributed by atoms with van der Waals surface area (Å²) in [5.74, 6) is -0.155. The van der Waals surface area contributed by atoms with Crippen LogP contribution in [-0.4, -0.2) is 26.1 Å². The molecule has 0 unspecified atom stereocenters. The molecule has 4 rings (SSSR count). The standard InChI is InChI=1S/C18H12ClN5OS2/c19-12-7-5-11(6-8-12)9-15(25)22-17-23-24-18(27-17)26-16-13-3-1-2-4-14(13)20-10-21-16/h1-8,10H,9H2,(H,22,23,25). The Bertz CT molecular complexity index is 1100. The highest BCUT2D eigenvalue weighted by atomic mass is 35.5. The van der Waals surface area contributed by atoms with Crippen molar-refractivity contribution in [3.8, 4) is 0 Å². The minimum Gasteiger partial charge on any atom is -0.300 e. The van der Waals surface area contributed by atoms with Crippen molar-refractivity contribution < 1.29 is 4.79 Å². The molecule has 0 saturated heterocycles. The second-order valence-corrected chi connectivity index (χ2v) is 8.17. The lowest BCUT2D eigenvalue weighted by Crippen LogP contribution is -2.14. The van der Waals surface area contributed by atoms with Crippen molar-refractivity contribution in [1.82, 2.24) is 20.2 Å². The van der Waals surface area contributed by atoms with Crippen LogP contribution in [-0.2, 0) is 11.2 Å². The van der Waals surface area contributed by atoms with Gasteiger partial charge in [0.05, 0.1) is 11.9 Å². The van der Waals surface area contributed by atoms with E-state index in [2.05, 4.69) is 25.5 Å². The van der Waals surface area contributed by atoms with Gasteiger partial charge < -0.3 is 5.32 Å². The first-order chi connectivity index (χ1) is 13.2. The number of hydrogen-bond donors (Lipinski definition) is 1. The van der Waals surface area contributed by atoms with Crippen molar-refractivity contribution in [3.05, 3.63) is 65.4 Å². The fraction of sp³-hybridized carbons (Fsp3) is 0.0556. The first kappa shape index (κ1) is 17.8. The molecule has 1 amide bonds. The molecule has 134 valence electrons. The molecule has 0 saturated carbocycles. The van der Waals surface area contributed by atoms with Crippen molar-refractivity contribution in [1.29, 1.82) is 0 Å². The number of amides is 1. The van der Waals surface area contributed by atoms with Crippen molar-refractivity contribution in [2.45, 2.75) is 15.8 Å². The number of carbonyl (C=O) groups is 1. The zero-order valence-electron chi connectivity index (χ0n) is 13.8. The quantitative estimate of drug-likeness (QED) is 0.384. The van der Waals surface area contributed by atoms with E-state index in [0.717, 1.165) is 21.5 Å². The van der Waals surface area contributed by atoms with E-state index < -0.39 is 0 Å². The number of aromatic nitrogens is 4. The summed E-state index contributed by atoms with van der Waals surface area (Å²) in [5.41, 5.74) is 1.75. The number of halogens is 1. The van der Waals surface area contributed by atoms with Crippen LogP contribution in [0, 0.1) is 0 Å². The number of hydrogen-bond acceptors (Lipinski definition) is 7. The van der Waals surface area contributed by atoms with Crippen molar-refractivity contribution in [2.24, 2.45) is 0 Å². The van der Waals surface area contributed by atoms with E-state index in [1.54, 1.807) is 12.1 Å². The molecule has 0 fully saturated rings. The van der Waals surface area contributed by atoms with E-state index in [-0.39, 0.29) is 12.3 Å². The summed E-state index contributed by atoms with van der Waals surface area (Å²) in [6.07, 6.45) is 1.77. The Morgan fingerprint density at radius 1 is 1.07 bits per heavy atom. The second-order valence-electron chi connectivity index (χ2n) is 5.52. The fourth-order valence-corrected chi connectivity index (χ4v) is 4.29. The minimum absolute atomic E-state index is 0.155. The molecule has 6 nitrogen and oxygen atoms in total. The van der Waals surface area contributed by atoms with E-state index in [4.69, 9.17) is 11.6 Å². The predicted molar refractivity (Wildman–Crippen MR) is 107 cm³/mol. The molecule has 2 aromatic carbocycles. The Balaban J connectivity index is 1.44. The van der Waals surface area contributed by atoms with Crippen LogP contribution in [0.2, 0.25) is 5.02 Å². The van der Waals surface area contributed by atoms with Gasteiger partial charge in [-0.05, 0) is 35.5 Å². The zero-order valence-corrected chi connectivity index (χ0v) is 16.2. The molecule has 0 aliphatic heterocycles. The molecule has 2 heterocycles. The maximum absolute atomic E-state index is 12.2. The highest BCUT2D eigenvalue weighted by molar-refractivity contribution is 8.01. The normalized spacial score (nSPS) is 10.9. The predicted octanol–water partition coefficient (Wildman–Crippen LogP) is 4.47. The van der Waals surface area contributed by atoms with E-state index in [1.165, 1.54) is 29.4 Å². The molecule has 2 aromatic heterocycles. The summed E-state index contributed by atoms with van der Waals surface area (Å²) in [5, 5.41) is 13.8. The summed E-state index contributed by atoms with van der Waals surface area (Å²) in [6, 6.07) is 14.9. The largest absolute Gasteiger partial charge is 0.300 e. The molecule has 0 bridgehead atoms. The van der Waals surface area contributed by atoms with E-state index in [0.29, 0.717) is 14.5 Å². The molecule has 0 atom stereocenters. The van der Waals surface area contributed by atoms with Crippen molar-refractivity contribution in [2.75, 3.05) is 5.32 Å². The maximum Gasteiger partial charge on any atom is 0.230 e. The van der Waals surface area contributed by atoms with Crippen LogP contribution in [0.5, 0.6) is 0 Å². The maximum atomic E-state index is 12.2. The third kappa shape index (κ3) is 4.41. The summed E-state index contributed by atoms with van der Waals surface area (Å²) < 4.78 is 0.695. The van der Waals surface area contributed by atoms with Gasteiger partial charge >= 0.3 is 0 Å². The van der Waals surface area contributed by atoms with Crippen LogP contribution in [0.3, 0.4) is 0 Å². The average molecular weight is 414 g/mol. The SMILES string of the molecule is O=C(Cc1ccc(Cl)cc1)Nc1nnc(Sc2ncnc3ccccc23)s1. The number of nitrogens with zero attached hydrogens (tertiary/aromatic N) is 4. The Kier molecular flexibility index (Phi) is 5.28. The molecule has 9 heteroatoms. The van der Waals surface area contributed by atoms with Gasteiger partial charge in [0, 0.05) is 10.4 Å². The summed E-state index contributed by atoms with van der Waals surface area (Å²) in [4.78, 5) is 20.8. The van der Waals surface area contributed by atoms with Crippen molar-refractivity contribution >= 4 is 56.6 Å². The third-order valence-electron chi connectivity index (χ3n) is 3.62. The Morgan fingerprint density at radius 2 is 1.89 bits per heavy atom. The number of carbonyl (C=O) groups excluding carboxylic acids is 1. The van der Waals surface area contributed by atoms with Gasteiger partial charge in [-0.2, -0.15) is 0 Å². The molecule has 4 aromatic rings. The number of rotatable bonds is 5. The van der Waals surface area contributed by atoms with E-state index >= 15 is 0 Å². The molecular weight excluding hydrogens is 402 g/mol. The van der Waals surface area contributed by atoms with Gasteiger partial charge in [-0.25, -0.2) is 9.97 Å². The monoisotopic (exact) mass is 413 g/mol. The Morgan fingerprint density at radius 3 is 2.74 bits per heavy atom. The average Bonchev–Trinajstić information content (AvgIpc) is 3.10. The van der Waals surface area contributed by atoms with Gasteiger partial charge in [0.25, 0.3) is 0 Å². The lowest BCUT2D eigenvalue weighted by Gasteiger charge is -2.02. The molecule has 0 aliphatic carbocycles. The van der Waals surface area contributed by atoms with Gasteiger partial charge in [-0.15, -0.1) is 10.2 Å². The number of anilines is 1. The summed E-state index contributed by atoms with van der Waals surface area (Å²) >= 11 is 8.56. The van der Waals surface area contributed by atoms with Gasteiger partial charge in [0.1, 0.15) is 11.4 Å². The molecule has 0 radical (unpaired) electrons. The fourth-order valence-electron chi connectivity index (χ4n) is 2.40. The van der Waals surface area contributed by atoms with Gasteiger partial charge in [0.2, 0.25) is 11.0 Å². The highest BCUT2D eigenvalue weighted by Gasteiger charge is 2.12. The number of para-hydroxylation sites is 1. The second kappa shape index (κ2) is 7.99. The van der Waals surface area contributed by atoms with E-state index in [9.17, 15) is 4.79 Å². The van der Waals surface area contributed by atoms with E-state index in [1.807, 2.05) is 36.4 Å². The van der Waals surface area contributed by atoms with Gasteiger partial charge in [0.15, 0.2) is 4.34 Å². The zero-order chi connectivity index (χ0) is 18.6. The molecule has 0 aliphatic rings. The topological polar surface area (TPSA) is 80.7 Å². The van der Waals surface area contributed by atoms with Crippen LogP contribution in [0.1, 0.15) is 5.56 Å². The van der Waals surface area contributed by atoms with Crippen LogP contribution in [0.25, 0.3) is 10.9 Å². The number of benzene rings is 2. The lowest BCUT2D eigenvalue weighted by molar-refractivity contribution is -0.115. The lowest BCUT2D eigenvalue weighted by atomic mass is 10.1. The smallest absolute Gasteiger partial charge is 0.230 e. The van der Waals surface area contributed by atoms with Crippen LogP contribution < -0.4 is 5.32 Å². The first-order valence-electron chi connectivity index (χ1n) is 7.93. The minimum atomic E-state index is -0.155. The summed E-state index contributed by atoms with van der Waals surface area (Å²) in [7, 11) is 0.